The van der Waals surface area contributed by atoms with Crippen LogP contribution in [0.4, 0.5) is 0 Å². The van der Waals surface area contributed by atoms with E-state index in [4.69, 9.17) is 4.74 Å². The highest BCUT2D eigenvalue weighted by Gasteiger charge is 2.28. The summed E-state index contributed by atoms with van der Waals surface area (Å²) in [5.74, 6) is -0.254. The van der Waals surface area contributed by atoms with Crippen LogP contribution in [-0.4, -0.2) is 49.8 Å². The number of hydrogen-bond acceptors (Lipinski definition) is 5. The summed E-state index contributed by atoms with van der Waals surface area (Å²) in [6, 6.07) is 7.19. The highest BCUT2D eigenvalue weighted by atomic mass is 16.6. The predicted molar refractivity (Wildman–Crippen MR) is 86.3 cm³/mol. The first kappa shape index (κ1) is 17.0. The molecule has 1 fully saturated rings. The number of rotatable bonds is 5. The number of carbonyl (C=O) groups is 2. The van der Waals surface area contributed by atoms with E-state index in [2.05, 4.69) is 9.99 Å². The average Bonchev–Trinajstić information content (AvgIpc) is 2.60. The maximum atomic E-state index is 12.5. The fraction of sp³-hybridized carbons (Fsp3) is 0.471. The second kappa shape index (κ2) is 8.31. The minimum Gasteiger partial charge on any atom is -0.466 e. The molecule has 2 rings (SSSR count). The second-order valence-electron chi connectivity index (χ2n) is 5.36. The molecule has 1 aliphatic heterocycles. The zero-order valence-electron chi connectivity index (χ0n) is 13.5. The third-order valence-corrected chi connectivity index (χ3v) is 3.87. The van der Waals surface area contributed by atoms with Gasteiger partial charge in [0.2, 0.25) is 0 Å². The number of piperidine rings is 1. The molecule has 6 heteroatoms. The van der Waals surface area contributed by atoms with E-state index in [1.807, 2.05) is 12.1 Å². The molecule has 1 heterocycles. The number of benzene rings is 1. The molecule has 1 amide bonds. The summed E-state index contributed by atoms with van der Waals surface area (Å²) < 4.78 is 5.04. The molecule has 1 saturated heterocycles. The molecule has 6 nitrogen and oxygen atoms in total. The van der Waals surface area contributed by atoms with Crippen LogP contribution in [0.2, 0.25) is 0 Å². The fourth-order valence-electron chi connectivity index (χ4n) is 2.59. The zero-order chi connectivity index (χ0) is 16.7. The molecule has 0 N–H and O–H groups in total. The summed E-state index contributed by atoms with van der Waals surface area (Å²) in [6.07, 6.45) is 2.89. The minimum absolute atomic E-state index is 0.0115. The number of nitrogens with zero attached hydrogens (tertiary/aromatic N) is 2. The van der Waals surface area contributed by atoms with E-state index in [9.17, 15) is 9.59 Å². The van der Waals surface area contributed by atoms with Crippen molar-refractivity contribution < 1.29 is 19.2 Å². The van der Waals surface area contributed by atoms with Crippen molar-refractivity contribution in [3.8, 4) is 0 Å². The molecule has 0 saturated carbocycles. The third-order valence-electron chi connectivity index (χ3n) is 3.87. The average molecular weight is 318 g/mol. The van der Waals surface area contributed by atoms with Crippen molar-refractivity contribution in [3.05, 3.63) is 35.4 Å². The first-order valence-electron chi connectivity index (χ1n) is 7.78. The van der Waals surface area contributed by atoms with E-state index in [-0.39, 0.29) is 17.8 Å². The molecule has 0 aliphatic carbocycles. The Morgan fingerprint density at radius 3 is 2.48 bits per heavy atom. The Morgan fingerprint density at radius 1 is 1.26 bits per heavy atom. The summed E-state index contributed by atoms with van der Waals surface area (Å²) in [5, 5.41) is 3.68. The van der Waals surface area contributed by atoms with Crippen molar-refractivity contribution in [2.24, 2.45) is 11.1 Å². The molecule has 0 radical (unpaired) electrons. The first-order valence-corrected chi connectivity index (χ1v) is 7.78. The van der Waals surface area contributed by atoms with Crippen molar-refractivity contribution >= 4 is 18.1 Å². The maximum absolute atomic E-state index is 12.5. The zero-order valence-corrected chi connectivity index (χ0v) is 13.5. The van der Waals surface area contributed by atoms with Crippen LogP contribution in [0.5, 0.6) is 0 Å². The summed E-state index contributed by atoms with van der Waals surface area (Å²) in [4.78, 5) is 30.6. The lowest BCUT2D eigenvalue weighted by atomic mass is 9.96. The lowest BCUT2D eigenvalue weighted by Gasteiger charge is -2.31. The van der Waals surface area contributed by atoms with Gasteiger partial charge >= 0.3 is 5.97 Å². The molecule has 124 valence electrons. The second-order valence-corrected chi connectivity index (χ2v) is 5.36. The Bertz CT molecular complexity index is 560. The largest absolute Gasteiger partial charge is 0.466 e. The Balaban J connectivity index is 1.92. The molecular weight excluding hydrogens is 296 g/mol. The summed E-state index contributed by atoms with van der Waals surface area (Å²) >= 11 is 0. The van der Waals surface area contributed by atoms with E-state index in [0.29, 0.717) is 38.1 Å². The van der Waals surface area contributed by atoms with Gasteiger partial charge in [0.05, 0.1) is 18.7 Å². The van der Waals surface area contributed by atoms with E-state index in [1.54, 1.807) is 30.2 Å². The highest BCUT2D eigenvalue weighted by Crippen LogP contribution is 2.20. The molecular formula is C17H22N2O4. The van der Waals surface area contributed by atoms with Crippen LogP contribution >= 0.6 is 0 Å². The van der Waals surface area contributed by atoms with Crippen molar-refractivity contribution in [3.63, 3.8) is 0 Å². The van der Waals surface area contributed by atoms with Crippen molar-refractivity contribution in [2.45, 2.75) is 19.8 Å². The van der Waals surface area contributed by atoms with Crippen molar-refractivity contribution in [1.82, 2.24) is 4.90 Å². The molecule has 0 aromatic heterocycles. The smallest absolute Gasteiger partial charge is 0.309 e. The lowest BCUT2D eigenvalue weighted by Crippen LogP contribution is -2.40. The number of likely N-dealkylation sites (tertiary alicyclic amines) is 1. The number of ether oxygens (including phenoxy) is 1. The van der Waals surface area contributed by atoms with Gasteiger partial charge < -0.3 is 14.5 Å². The van der Waals surface area contributed by atoms with Crippen molar-refractivity contribution in [1.29, 1.82) is 0 Å². The molecule has 23 heavy (non-hydrogen) atoms. The number of oxime groups is 1. The molecule has 1 aliphatic rings. The van der Waals surface area contributed by atoms with E-state index in [0.717, 1.165) is 5.56 Å². The van der Waals surface area contributed by atoms with Gasteiger partial charge in [-0.2, -0.15) is 0 Å². The number of carbonyl (C=O) groups excluding carboxylic acids is 2. The van der Waals surface area contributed by atoms with Gasteiger partial charge in [-0.05, 0) is 37.5 Å². The Hall–Kier alpha value is -2.37. The third kappa shape index (κ3) is 4.55. The number of esters is 1. The highest BCUT2D eigenvalue weighted by molar-refractivity contribution is 5.95. The minimum atomic E-state index is -0.151. The molecule has 0 atom stereocenters. The molecule has 0 bridgehead atoms. The van der Waals surface area contributed by atoms with Crippen LogP contribution in [0.1, 0.15) is 35.7 Å². The quantitative estimate of drug-likeness (QED) is 0.473. The number of hydrogen-bond donors (Lipinski definition) is 0. The molecule has 0 unspecified atom stereocenters. The van der Waals surface area contributed by atoms with Crippen LogP contribution in [0.25, 0.3) is 0 Å². The SMILES string of the molecule is CCOC(=O)C1CCN(C(=O)c2ccc(/C=N/OC)cc2)CC1. The van der Waals surface area contributed by atoms with Crippen LogP contribution in [0.3, 0.4) is 0 Å². The monoisotopic (exact) mass is 318 g/mol. The molecule has 1 aromatic rings. The Morgan fingerprint density at radius 2 is 1.91 bits per heavy atom. The van der Waals surface area contributed by atoms with Crippen LogP contribution < -0.4 is 0 Å². The van der Waals surface area contributed by atoms with Gasteiger partial charge in [-0.15, -0.1) is 0 Å². The summed E-state index contributed by atoms with van der Waals surface area (Å²) in [6.45, 7) is 3.36. The van der Waals surface area contributed by atoms with Crippen LogP contribution in [0, 0.1) is 5.92 Å². The molecule has 1 aromatic carbocycles. The Labute approximate surface area is 136 Å². The van der Waals surface area contributed by atoms with E-state index in [1.165, 1.54) is 7.11 Å². The fourth-order valence-corrected chi connectivity index (χ4v) is 2.59. The first-order chi connectivity index (χ1) is 11.2. The normalized spacial score (nSPS) is 15.7. The summed E-state index contributed by atoms with van der Waals surface area (Å²) in [7, 11) is 1.48. The predicted octanol–water partition coefficient (Wildman–Crippen LogP) is 2.08. The van der Waals surface area contributed by atoms with Gasteiger partial charge in [-0.3, -0.25) is 9.59 Å². The Kier molecular flexibility index (Phi) is 6.14. The van der Waals surface area contributed by atoms with Gasteiger partial charge in [0.15, 0.2) is 0 Å². The van der Waals surface area contributed by atoms with Gasteiger partial charge in [0.1, 0.15) is 7.11 Å². The summed E-state index contributed by atoms with van der Waals surface area (Å²) in [5.41, 5.74) is 1.50. The van der Waals surface area contributed by atoms with E-state index >= 15 is 0 Å². The maximum Gasteiger partial charge on any atom is 0.309 e. The van der Waals surface area contributed by atoms with Gasteiger partial charge in [-0.25, -0.2) is 0 Å². The molecule has 0 spiro atoms. The van der Waals surface area contributed by atoms with Gasteiger partial charge in [0.25, 0.3) is 5.91 Å². The van der Waals surface area contributed by atoms with Gasteiger partial charge in [0, 0.05) is 18.7 Å². The van der Waals surface area contributed by atoms with Crippen LogP contribution in [0.15, 0.2) is 29.4 Å². The lowest BCUT2D eigenvalue weighted by molar-refractivity contribution is -0.149. The number of amides is 1. The van der Waals surface area contributed by atoms with Gasteiger partial charge in [-0.1, -0.05) is 17.3 Å². The standard InChI is InChI=1S/C17H22N2O4/c1-3-23-17(21)15-8-10-19(11-9-15)16(20)14-6-4-13(5-7-14)12-18-22-2/h4-7,12,15H,3,8-11H2,1-2H3/b18-12+. The van der Waals surface area contributed by atoms with Crippen LogP contribution in [-0.2, 0) is 14.4 Å². The van der Waals surface area contributed by atoms with Crippen molar-refractivity contribution in [2.75, 3.05) is 26.8 Å². The van der Waals surface area contributed by atoms with E-state index < -0.39 is 0 Å². The topological polar surface area (TPSA) is 68.2 Å².